The van der Waals surface area contributed by atoms with Crippen LogP contribution in [-0.4, -0.2) is 16.0 Å². The molecule has 0 saturated heterocycles. The molecular weight excluding hydrogens is 352 g/mol. The molecule has 0 saturated carbocycles. The van der Waals surface area contributed by atoms with Gasteiger partial charge in [-0.15, -0.1) is 11.3 Å². The lowest BCUT2D eigenvalue weighted by molar-refractivity contribution is -0.121. The Morgan fingerprint density at radius 2 is 2.04 bits per heavy atom. The predicted molar refractivity (Wildman–Crippen MR) is 99.0 cm³/mol. The van der Waals surface area contributed by atoms with Gasteiger partial charge in [-0.2, -0.15) is 0 Å². The van der Waals surface area contributed by atoms with Crippen LogP contribution in [0.1, 0.15) is 21.8 Å². The number of thiazole rings is 1. The van der Waals surface area contributed by atoms with Crippen molar-refractivity contribution in [3.8, 4) is 0 Å². The quantitative estimate of drug-likeness (QED) is 0.573. The third-order valence-electron chi connectivity index (χ3n) is 2.99. The second-order valence-corrected chi connectivity index (χ2v) is 6.98. The Balaban J connectivity index is 1.87. The summed E-state index contributed by atoms with van der Waals surface area (Å²) in [6, 6.07) is 3.85. The first-order chi connectivity index (χ1) is 10.8. The summed E-state index contributed by atoms with van der Waals surface area (Å²) in [5.41, 5.74) is 8.71. The SMILES string of the molecule is Cc1cc(C)c(NC(=S)NNC(=O)Cc2csc(C)n2)c(Cl)c1. The molecule has 1 heterocycles. The van der Waals surface area contributed by atoms with Gasteiger partial charge in [0.05, 0.1) is 27.8 Å². The number of nitrogens with zero attached hydrogens (tertiary/aromatic N) is 1. The van der Waals surface area contributed by atoms with E-state index in [2.05, 4.69) is 21.2 Å². The fourth-order valence-corrected chi connectivity index (χ4v) is 3.18. The highest BCUT2D eigenvalue weighted by Crippen LogP contribution is 2.27. The number of anilines is 1. The highest BCUT2D eigenvalue weighted by Gasteiger charge is 2.09. The van der Waals surface area contributed by atoms with Gasteiger partial charge in [-0.3, -0.25) is 15.6 Å². The normalized spacial score (nSPS) is 10.3. The standard InChI is InChI=1S/C15H17ClN4OS2/c1-8-4-9(2)14(12(16)5-8)18-15(22)20-19-13(21)6-11-7-23-10(3)17-11/h4-5,7H,6H2,1-3H3,(H,19,21)(H2,18,20,22). The number of aryl methyl sites for hydroxylation is 3. The molecule has 1 amide bonds. The largest absolute Gasteiger partial charge is 0.330 e. The molecule has 0 spiro atoms. The summed E-state index contributed by atoms with van der Waals surface area (Å²) in [6.07, 6.45) is 0.199. The number of aromatic nitrogens is 1. The molecule has 0 aliphatic heterocycles. The molecular formula is C15H17ClN4OS2. The lowest BCUT2D eigenvalue weighted by atomic mass is 10.1. The van der Waals surface area contributed by atoms with Crippen LogP contribution in [0.5, 0.6) is 0 Å². The average molecular weight is 369 g/mol. The molecule has 23 heavy (non-hydrogen) atoms. The van der Waals surface area contributed by atoms with Crippen LogP contribution in [0.3, 0.4) is 0 Å². The highest BCUT2D eigenvalue weighted by molar-refractivity contribution is 7.80. The molecule has 122 valence electrons. The van der Waals surface area contributed by atoms with Crippen molar-refractivity contribution in [1.29, 1.82) is 0 Å². The van der Waals surface area contributed by atoms with Crippen molar-refractivity contribution in [2.24, 2.45) is 0 Å². The highest BCUT2D eigenvalue weighted by atomic mass is 35.5. The monoisotopic (exact) mass is 368 g/mol. The van der Waals surface area contributed by atoms with E-state index in [9.17, 15) is 4.79 Å². The van der Waals surface area contributed by atoms with E-state index >= 15 is 0 Å². The Labute approximate surface area is 149 Å². The molecule has 8 heteroatoms. The van der Waals surface area contributed by atoms with Gasteiger partial charge < -0.3 is 5.32 Å². The summed E-state index contributed by atoms with van der Waals surface area (Å²) in [5.74, 6) is -0.217. The van der Waals surface area contributed by atoms with Crippen LogP contribution in [0.25, 0.3) is 0 Å². The lowest BCUT2D eigenvalue weighted by Crippen LogP contribution is -2.44. The molecule has 0 unspecified atom stereocenters. The minimum atomic E-state index is -0.217. The van der Waals surface area contributed by atoms with Gasteiger partial charge in [0.25, 0.3) is 0 Å². The first kappa shape index (κ1) is 17.7. The fourth-order valence-electron chi connectivity index (χ4n) is 2.04. The van der Waals surface area contributed by atoms with Crippen LogP contribution in [0, 0.1) is 20.8 Å². The summed E-state index contributed by atoms with van der Waals surface area (Å²) in [4.78, 5) is 16.1. The first-order valence-corrected chi connectivity index (χ1v) is 8.55. The van der Waals surface area contributed by atoms with E-state index in [1.165, 1.54) is 11.3 Å². The van der Waals surface area contributed by atoms with Gasteiger partial charge in [0.1, 0.15) is 0 Å². The van der Waals surface area contributed by atoms with Crippen molar-refractivity contribution in [2.45, 2.75) is 27.2 Å². The van der Waals surface area contributed by atoms with Gasteiger partial charge in [-0.1, -0.05) is 17.7 Å². The van der Waals surface area contributed by atoms with Crippen LogP contribution in [-0.2, 0) is 11.2 Å². The predicted octanol–water partition coefficient (Wildman–Crippen LogP) is 3.28. The number of hydrogen-bond donors (Lipinski definition) is 3. The van der Waals surface area contributed by atoms with Gasteiger partial charge in [0, 0.05) is 5.38 Å². The van der Waals surface area contributed by atoms with Crippen LogP contribution in [0.2, 0.25) is 5.02 Å². The molecule has 3 N–H and O–H groups in total. The van der Waals surface area contributed by atoms with Gasteiger partial charge in [-0.05, 0) is 50.2 Å². The number of amides is 1. The zero-order chi connectivity index (χ0) is 17.0. The van der Waals surface area contributed by atoms with Crippen molar-refractivity contribution in [1.82, 2.24) is 15.8 Å². The maximum atomic E-state index is 11.8. The van der Waals surface area contributed by atoms with Gasteiger partial charge in [-0.25, -0.2) is 4.98 Å². The van der Waals surface area contributed by atoms with E-state index in [0.29, 0.717) is 5.02 Å². The van der Waals surface area contributed by atoms with Crippen molar-refractivity contribution >= 4 is 51.9 Å². The van der Waals surface area contributed by atoms with Gasteiger partial charge in [0.2, 0.25) is 5.91 Å². The van der Waals surface area contributed by atoms with Gasteiger partial charge >= 0.3 is 0 Å². The molecule has 5 nitrogen and oxygen atoms in total. The molecule has 2 rings (SSSR count). The first-order valence-electron chi connectivity index (χ1n) is 6.88. The number of carbonyl (C=O) groups is 1. The summed E-state index contributed by atoms with van der Waals surface area (Å²) < 4.78 is 0. The second-order valence-electron chi connectivity index (χ2n) is 5.10. The summed E-state index contributed by atoms with van der Waals surface area (Å²) in [7, 11) is 0. The average Bonchev–Trinajstić information content (AvgIpc) is 2.85. The molecule has 2 aromatic rings. The van der Waals surface area contributed by atoms with Gasteiger partial charge in [0.15, 0.2) is 5.11 Å². The van der Waals surface area contributed by atoms with Crippen molar-refractivity contribution in [3.63, 3.8) is 0 Å². The summed E-state index contributed by atoms with van der Waals surface area (Å²) >= 11 is 12.9. The summed E-state index contributed by atoms with van der Waals surface area (Å²) in [6.45, 7) is 5.81. The van der Waals surface area contributed by atoms with E-state index in [-0.39, 0.29) is 17.4 Å². The number of rotatable bonds is 3. The van der Waals surface area contributed by atoms with Crippen LogP contribution in [0.15, 0.2) is 17.5 Å². The number of hydrazine groups is 1. The second kappa shape index (κ2) is 7.72. The Morgan fingerprint density at radius 1 is 1.30 bits per heavy atom. The molecule has 0 fully saturated rings. The Morgan fingerprint density at radius 3 is 2.65 bits per heavy atom. The minimum absolute atomic E-state index is 0.199. The number of halogens is 1. The maximum absolute atomic E-state index is 11.8. The summed E-state index contributed by atoms with van der Waals surface area (Å²) in [5, 5.41) is 6.63. The van der Waals surface area contributed by atoms with Crippen molar-refractivity contribution in [3.05, 3.63) is 44.4 Å². The molecule has 1 aromatic carbocycles. The smallest absolute Gasteiger partial charge is 0.244 e. The maximum Gasteiger partial charge on any atom is 0.244 e. The number of nitrogens with one attached hydrogen (secondary N) is 3. The Bertz CT molecular complexity index is 722. The third kappa shape index (κ3) is 5.16. The third-order valence-corrected chi connectivity index (χ3v) is 4.32. The zero-order valence-corrected chi connectivity index (χ0v) is 15.4. The molecule has 0 aliphatic rings. The van der Waals surface area contributed by atoms with E-state index in [4.69, 9.17) is 23.8 Å². The van der Waals surface area contributed by atoms with E-state index in [0.717, 1.165) is 27.5 Å². The molecule has 0 aliphatic carbocycles. The zero-order valence-electron chi connectivity index (χ0n) is 13.0. The van der Waals surface area contributed by atoms with Crippen molar-refractivity contribution in [2.75, 3.05) is 5.32 Å². The van der Waals surface area contributed by atoms with E-state index in [1.807, 2.05) is 38.3 Å². The fraction of sp³-hybridized carbons (Fsp3) is 0.267. The van der Waals surface area contributed by atoms with E-state index in [1.54, 1.807) is 0 Å². The Hall–Kier alpha value is -1.70. The lowest BCUT2D eigenvalue weighted by Gasteiger charge is -2.15. The van der Waals surface area contributed by atoms with Crippen LogP contribution in [0.4, 0.5) is 5.69 Å². The molecule has 0 radical (unpaired) electrons. The topological polar surface area (TPSA) is 66.0 Å². The van der Waals surface area contributed by atoms with Crippen LogP contribution >= 0.6 is 35.2 Å². The molecule has 1 aromatic heterocycles. The Kier molecular flexibility index (Phi) is 5.92. The minimum Gasteiger partial charge on any atom is -0.330 e. The van der Waals surface area contributed by atoms with Crippen molar-refractivity contribution < 1.29 is 4.79 Å². The number of carbonyl (C=O) groups excluding carboxylic acids is 1. The van der Waals surface area contributed by atoms with E-state index < -0.39 is 0 Å². The van der Waals surface area contributed by atoms with Crippen LogP contribution < -0.4 is 16.2 Å². The molecule has 0 atom stereocenters. The number of thiocarbonyl (C=S) groups is 1. The number of benzene rings is 1. The molecule has 0 bridgehead atoms. The number of hydrogen-bond acceptors (Lipinski definition) is 4.